The van der Waals surface area contributed by atoms with E-state index in [-0.39, 0.29) is 130 Å². The third-order valence-corrected chi connectivity index (χ3v) is 25.4. The molecule has 0 fully saturated rings. The van der Waals surface area contributed by atoms with Crippen molar-refractivity contribution >= 4 is 0 Å². The summed E-state index contributed by atoms with van der Waals surface area (Å²) in [7, 11) is 0. The quantitative estimate of drug-likeness (QED) is 0.138. The zero-order valence-corrected chi connectivity index (χ0v) is 109. The minimum absolute atomic E-state index is 0.0126. The normalized spacial score (nSPS) is 13.8. The third-order valence-electron chi connectivity index (χ3n) is 25.4. The largest absolute Gasteiger partial charge is 0.257 e. The number of benzene rings is 1. The van der Waals surface area contributed by atoms with Gasteiger partial charge in [0.25, 0.3) is 0 Å². The maximum absolute atomic E-state index is 4.89. The molecular formula is C133H232N11+3. The minimum Gasteiger partial charge on any atom is -0.257 e. The predicted molar refractivity (Wildman–Crippen MR) is 632 cm³/mol. The Balaban J connectivity index is 0.000000823. The molecule has 0 saturated carbocycles. The molecule has 0 aliphatic rings. The van der Waals surface area contributed by atoms with Gasteiger partial charge in [0.15, 0.2) is 41.4 Å². The SMILES string of the molecule is CC(C)(C)c1c[n+](C(C)(C)C)cc(C(C)(C)C)n1.CC(C)(C)c1cc(C(C)(C)C)c[n+](C(C)(C)C)c1.CC(C)(C)c1cc(C(C)(C)C)cc(C(C)(C)C)c1.CC(C)(C)c1cc(C(C)(C)C)n[n+](C(C)(C)C)c1.CC(C)(C)c1cc(C(C)(C)C)nc(C(C)(C)C)c1.CC(C)(C)c1cc(C(C)(C)C)nc(C(C)(C)C)c1.CC(C)(C)c1cc(C(C)(C)C)nc(C(C)(C)C)n1.CC(C)(C)c1cc(C(C)(C)C)nc(C(C)(C)C)n1. The fraction of sp³-hybridized carbons (Fsp3) is 0.722. The second-order valence-electron chi connectivity index (χ2n) is 66.6. The average Bonchev–Trinajstić information content (AvgIpc) is 0.825. The van der Waals surface area contributed by atoms with Crippen LogP contribution in [0.15, 0.2) is 97.7 Å². The van der Waals surface area contributed by atoms with E-state index in [0.29, 0.717) is 0 Å². The maximum Gasteiger partial charge on any atom is 0.200 e. The molecule has 8 rings (SSSR count). The summed E-state index contributed by atoms with van der Waals surface area (Å²) in [5.74, 6) is 1.89. The Morgan fingerprint density at radius 2 is 0.278 bits per heavy atom. The smallest absolute Gasteiger partial charge is 0.200 e. The number of aromatic nitrogens is 11. The van der Waals surface area contributed by atoms with E-state index in [1.807, 2.05) is 0 Å². The van der Waals surface area contributed by atoms with Gasteiger partial charge in [0.1, 0.15) is 28.7 Å². The van der Waals surface area contributed by atoms with E-state index in [4.69, 9.17) is 40.0 Å². The van der Waals surface area contributed by atoms with Gasteiger partial charge in [-0.05, 0) is 125 Å². The number of pyridine rings is 3. The lowest BCUT2D eigenvalue weighted by atomic mass is 9.76. The van der Waals surface area contributed by atoms with E-state index in [9.17, 15) is 0 Å². The number of rotatable bonds is 0. The van der Waals surface area contributed by atoms with Crippen LogP contribution in [0, 0.1) is 0 Å². The summed E-state index contributed by atoms with van der Waals surface area (Å²) in [5.41, 5.74) is 26.6. The molecule has 0 atom stereocenters. The lowest BCUT2D eigenvalue weighted by molar-refractivity contribution is -0.807. The van der Waals surface area contributed by atoms with Crippen molar-refractivity contribution < 1.29 is 13.8 Å². The molecule has 1 aromatic carbocycles. The van der Waals surface area contributed by atoms with Gasteiger partial charge >= 0.3 is 0 Å². The second-order valence-corrected chi connectivity index (χ2v) is 66.6. The van der Waals surface area contributed by atoms with Gasteiger partial charge in [0, 0.05) is 195 Å². The van der Waals surface area contributed by atoms with Crippen LogP contribution in [-0.2, 0) is 130 Å². The van der Waals surface area contributed by atoms with E-state index in [1.54, 1.807) is 0 Å². The summed E-state index contributed by atoms with van der Waals surface area (Å²) >= 11 is 0. The highest BCUT2D eigenvalue weighted by Gasteiger charge is 2.38. The first kappa shape index (κ1) is 135. The second kappa shape index (κ2) is 45.6. The van der Waals surface area contributed by atoms with Crippen LogP contribution < -0.4 is 13.8 Å². The Morgan fingerprint density at radius 1 is 0.125 bits per heavy atom. The molecule has 11 nitrogen and oxygen atoms in total. The van der Waals surface area contributed by atoms with Crippen LogP contribution in [0.1, 0.15) is 617 Å². The molecule has 0 spiro atoms. The molecule has 7 heterocycles. The zero-order chi connectivity index (χ0) is 115. The fourth-order valence-electron chi connectivity index (χ4n) is 13.5. The molecular weight excluding hydrogens is 1750 g/mol. The Labute approximate surface area is 893 Å². The Morgan fingerprint density at radius 3 is 0.444 bits per heavy atom. The molecule has 8 aromatic rings. The molecule has 0 aliphatic carbocycles. The highest BCUT2D eigenvalue weighted by molar-refractivity contribution is 5.41. The maximum atomic E-state index is 4.89. The van der Waals surface area contributed by atoms with E-state index in [1.165, 1.54) is 67.3 Å². The van der Waals surface area contributed by atoms with Crippen molar-refractivity contribution in [3.63, 3.8) is 0 Å². The van der Waals surface area contributed by atoms with Gasteiger partial charge in [0.05, 0.1) is 0 Å². The summed E-state index contributed by atoms with van der Waals surface area (Å²) in [6, 6.07) is 25.2. The third kappa shape index (κ3) is 44.6. The van der Waals surface area contributed by atoms with Gasteiger partial charge in [-0.1, -0.05) is 459 Å². The van der Waals surface area contributed by atoms with Crippen molar-refractivity contribution in [3.05, 3.63) is 217 Å². The first-order chi connectivity index (χ1) is 62.5. The Hall–Kier alpha value is -7.01. The fourth-order valence-corrected chi connectivity index (χ4v) is 13.5. The molecule has 0 unspecified atom stereocenters. The summed E-state index contributed by atoms with van der Waals surface area (Å²) in [6.07, 6.45) is 11.2. The van der Waals surface area contributed by atoms with E-state index >= 15 is 0 Å². The molecule has 0 amide bonds. The highest BCUT2D eigenvalue weighted by atomic mass is 15.3. The average molecular weight is 1990 g/mol. The first-order valence-electron chi connectivity index (χ1n) is 54.6. The van der Waals surface area contributed by atoms with Crippen LogP contribution in [0.2, 0.25) is 0 Å². The summed E-state index contributed by atoms with van der Waals surface area (Å²) in [5, 5.41) is 4.81. The molecule has 0 bridgehead atoms. The first-order valence-corrected chi connectivity index (χ1v) is 54.6. The minimum atomic E-state index is -0.0126. The van der Waals surface area contributed by atoms with Gasteiger partial charge in [-0.2, -0.15) is 4.57 Å². The van der Waals surface area contributed by atoms with Crippen LogP contribution in [-0.4, -0.2) is 40.0 Å². The summed E-state index contributed by atoms with van der Waals surface area (Å²) < 4.78 is 6.75. The van der Waals surface area contributed by atoms with E-state index in [2.05, 4.69) is 610 Å². The molecule has 7 aromatic heterocycles. The lowest BCUT2D eigenvalue weighted by Gasteiger charge is -2.29. The molecule has 0 N–H and O–H groups in total. The van der Waals surface area contributed by atoms with Crippen molar-refractivity contribution in [2.45, 2.75) is 629 Å². The summed E-state index contributed by atoms with van der Waals surface area (Å²) in [4.78, 5) is 33.8. The van der Waals surface area contributed by atoms with Crippen LogP contribution in [0.4, 0.5) is 0 Å². The van der Waals surface area contributed by atoms with Crippen LogP contribution >= 0.6 is 0 Å². The van der Waals surface area contributed by atoms with Crippen LogP contribution in [0.5, 0.6) is 0 Å². The molecule has 0 saturated heterocycles. The zero-order valence-electron chi connectivity index (χ0n) is 109. The molecule has 0 radical (unpaired) electrons. The standard InChI is InChI=1S/C18H30.C17H30N.2C17H29N.2C16H29N2.2C16H28N2/c1-16(2,3)13-10-14(17(4,5)6)12-15(11-13)18(7,8)9;1-15(2,3)13-10-14(16(4,5)6)12-18(11-13)17(7,8)9;2*1-15(2,3)12-10-13(16(4,5)6)18-14(11-12)17(7,8)9;1-14(2,3)12-10-18(16(7,8)9)11-13(17-12)15(4,5)6;1-14(2,3)12-10-13(15(4,5)6)17-18(11-12)16(7,8)9;2*1-14(2,3)11-10-12(15(4,5)6)18-13(17-11)16(7,8)9/h2*10-12H,1-9H3;4*10-11H,1-9H3;2*10H,1-9H3/q;+1;;;2*+1;;. The number of nitrogens with zero attached hydrogens (tertiary/aromatic N) is 11. The monoisotopic (exact) mass is 1980 g/mol. The summed E-state index contributed by atoms with van der Waals surface area (Å²) in [6.45, 7) is 161. The van der Waals surface area contributed by atoms with Crippen molar-refractivity contribution in [1.82, 2.24) is 40.0 Å². The predicted octanol–water partition coefficient (Wildman–Crippen LogP) is 36.0. The van der Waals surface area contributed by atoms with Crippen molar-refractivity contribution in [3.8, 4) is 0 Å². The molecule has 144 heavy (non-hydrogen) atoms. The highest BCUT2D eigenvalue weighted by Crippen LogP contribution is 2.41. The van der Waals surface area contributed by atoms with E-state index < -0.39 is 0 Å². The van der Waals surface area contributed by atoms with Crippen LogP contribution in [0.25, 0.3) is 0 Å². The van der Waals surface area contributed by atoms with Crippen molar-refractivity contribution in [2.75, 3.05) is 0 Å². The number of hydrogen-bond donors (Lipinski definition) is 0. The van der Waals surface area contributed by atoms with Gasteiger partial charge in [-0.3, -0.25) is 9.97 Å². The van der Waals surface area contributed by atoms with Gasteiger partial charge in [-0.25, -0.2) is 29.5 Å². The van der Waals surface area contributed by atoms with Gasteiger partial charge < -0.3 is 0 Å². The van der Waals surface area contributed by atoms with Crippen LogP contribution in [0.3, 0.4) is 0 Å². The van der Waals surface area contributed by atoms with Crippen molar-refractivity contribution in [1.29, 1.82) is 0 Å². The number of hydrogen-bond acceptors (Lipinski definition) is 8. The Kier molecular flexibility index (Phi) is 42.8. The molecule has 0 aliphatic heterocycles. The van der Waals surface area contributed by atoms with Gasteiger partial charge in [0.2, 0.25) is 6.20 Å². The topological polar surface area (TPSA) is 115 Å². The van der Waals surface area contributed by atoms with Gasteiger partial charge in [-0.15, -0.1) is 0 Å². The molecule has 816 valence electrons. The van der Waals surface area contributed by atoms with Crippen molar-refractivity contribution in [2.24, 2.45) is 0 Å². The van der Waals surface area contributed by atoms with E-state index in [0.717, 1.165) is 51.5 Å². The molecule has 11 heteroatoms. The Bertz CT molecular complexity index is 3780. The lowest BCUT2D eigenvalue weighted by Crippen LogP contribution is -2.54.